The van der Waals surface area contributed by atoms with Crippen molar-refractivity contribution in [1.82, 2.24) is 9.78 Å². The molecule has 1 N–H and O–H groups in total. The van der Waals surface area contributed by atoms with E-state index in [1.165, 1.54) is 5.56 Å². The molecule has 0 radical (unpaired) electrons. The zero-order valence-electron chi connectivity index (χ0n) is 8.93. The van der Waals surface area contributed by atoms with Crippen LogP contribution in [0.15, 0.2) is 12.4 Å². The van der Waals surface area contributed by atoms with Crippen molar-refractivity contribution >= 4 is 0 Å². The molecule has 2 rings (SSSR count). The van der Waals surface area contributed by atoms with Gasteiger partial charge in [-0.15, -0.1) is 0 Å². The molecule has 15 heavy (non-hydrogen) atoms. The number of nitrogens with zero attached hydrogens (tertiary/aromatic N) is 2. The first-order valence-corrected chi connectivity index (χ1v) is 5.62. The minimum atomic E-state index is 0.252. The van der Waals surface area contributed by atoms with Gasteiger partial charge in [0.05, 0.1) is 12.2 Å². The van der Waals surface area contributed by atoms with Gasteiger partial charge in [0.2, 0.25) is 0 Å². The highest BCUT2D eigenvalue weighted by atomic mass is 16.5. The molecule has 0 unspecified atom stereocenters. The third-order valence-electron chi connectivity index (χ3n) is 2.84. The molecule has 1 aromatic rings. The molecule has 0 saturated carbocycles. The van der Waals surface area contributed by atoms with Crippen LogP contribution < -0.4 is 0 Å². The van der Waals surface area contributed by atoms with Crippen LogP contribution >= 0.6 is 0 Å². The highest BCUT2D eigenvalue weighted by Crippen LogP contribution is 2.20. The number of aliphatic hydroxyl groups excluding tert-OH is 1. The van der Waals surface area contributed by atoms with Crippen LogP contribution in [0.2, 0.25) is 0 Å². The SMILES string of the molecule is OCCCc1cnn(C2CCOCC2)c1. The predicted octanol–water partition coefficient (Wildman–Crippen LogP) is 1.16. The Morgan fingerprint density at radius 2 is 2.27 bits per heavy atom. The van der Waals surface area contributed by atoms with Gasteiger partial charge in [0.25, 0.3) is 0 Å². The standard InChI is InChI=1S/C11H18N2O2/c14-5-1-2-10-8-12-13(9-10)11-3-6-15-7-4-11/h8-9,11,14H,1-7H2. The first-order chi connectivity index (χ1) is 7.40. The molecule has 1 saturated heterocycles. The Labute approximate surface area is 89.9 Å². The van der Waals surface area contributed by atoms with Crippen LogP contribution in [0, 0.1) is 0 Å². The van der Waals surface area contributed by atoms with Gasteiger partial charge in [-0.05, 0) is 31.2 Å². The molecule has 4 heteroatoms. The van der Waals surface area contributed by atoms with E-state index in [1.54, 1.807) is 0 Å². The summed E-state index contributed by atoms with van der Waals surface area (Å²) in [6.45, 7) is 1.94. The second-order valence-electron chi connectivity index (χ2n) is 4.00. The lowest BCUT2D eigenvalue weighted by Crippen LogP contribution is -2.19. The minimum absolute atomic E-state index is 0.252. The Morgan fingerprint density at radius 1 is 1.47 bits per heavy atom. The highest BCUT2D eigenvalue weighted by molar-refractivity contribution is 5.04. The van der Waals surface area contributed by atoms with Crippen molar-refractivity contribution < 1.29 is 9.84 Å². The summed E-state index contributed by atoms with van der Waals surface area (Å²) in [4.78, 5) is 0. The number of rotatable bonds is 4. The van der Waals surface area contributed by atoms with Crippen molar-refractivity contribution in [1.29, 1.82) is 0 Å². The summed E-state index contributed by atoms with van der Waals surface area (Å²) in [5.41, 5.74) is 1.22. The average molecular weight is 210 g/mol. The Morgan fingerprint density at radius 3 is 3.00 bits per heavy atom. The van der Waals surface area contributed by atoms with Crippen molar-refractivity contribution in [2.45, 2.75) is 31.7 Å². The number of ether oxygens (including phenoxy) is 1. The molecule has 0 spiro atoms. The summed E-state index contributed by atoms with van der Waals surface area (Å²) >= 11 is 0. The Balaban J connectivity index is 1.93. The van der Waals surface area contributed by atoms with Gasteiger partial charge in [-0.25, -0.2) is 0 Å². The summed E-state index contributed by atoms with van der Waals surface area (Å²) in [6.07, 6.45) is 7.86. The van der Waals surface area contributed by atoms with Gasteiger partial charge in [0.15, 0.2) is 0 Å². The maximum Gasteiger partial charge on any atom is 0.0563 e. The molecule has 1 aliphatic rings. The third kappa shape index (κ3) is 2.79. The molecule has 0 aromatic carbocycles. The molecule has 4 nitrogen and oxygen atoms in total. The van der Waals surface area contributed by atoms with Crippen LogP contribution in [0.25, 0.3) is 0 Å². The van der Waals surface area contributed by atoms with E-state index in [0.717, 1.165) is 38.9 Å². The first kappa shape index (κ1) is 10.6. The average Bonchev–Trinajstić information content (AvgIpc) is 2.76. The summed E-state index contributed by atoms with van der Waals surface area (Å²) in [6, 6.07) is 0.502. The zero-order chi connectivity index (χ0) is 10.5. The van der Waals surface area contributed by atoms with Crippen molar-refractivity contribution in [2.24, 2.45) is 0 Å². The number of aromatic nitrogens is 2. The number of hydrogen-bond acceptors (Lipinski definition) is 3. The van der Waals surface area contributed by atoms with Gasteiger partial charge in [-0.3, -0.25) is 4.68 Å². The zero-order valence-corrected chi connectivity index (χ0v) is 8.93. The van der Waals surface area contributed by atoms with E-state index in [2.05, 4.69) is 16.0 Å². The predicted molar refractivity (Wildman–Crippen MR) is 56.7 cm³/mol. The molecule has 0 bridgehead atoms. The fourth-order valence-corrected chi connectivity index (χ4v) is 1.94. The summed E-state index contributed by atoms with van der Waals surface area (Å²) in [5, 5.41) is 13.1. The lowest BCUT2D eigenvalue weighted by molar-refractivity contribution is 0.0662. The van der Waals surface area contributed by atoms with Gasteiger partial charge >= 0.3 is 0 Å². The quantitative estimate of drug-likeness (QED) is 0.811. The van der Waals surface area contributed by atoms with Crippen LogP contribution in [0.3, 0.4) is 0 Å². The molecular weight excluding hydrogens is 192 g/mol. The smallest absolute Gasteiger partial charge is 0.0563 e. The van der Waals surface area contributed by atoms with Gasteiger partial charge in [0, 0.05) is 26.0 Å². The topological polar surface area (TPSA) is 47.3 Å². The van der Waals surface area contributed by atoms with Crippen LogP contribution in [-0.2, 0) is 11.2 Å². The van der Waals surface area contributed by atoms with Gasteiger partial charge in [-0.1, -0.05) is 0 Å². The fraction of sp³-hybridized carbons (Fsp3) is 0.727. The molecule has 1 aromatic heterocycles. The minimum Gasteiger partial charge on any atom is -0.396 e. The van der Waals surface area contributed by atoms with Crippen molar-refractivity contribution in [2.75, 3.05) is 19.8 Å². The van der Waals surface area contributed by atoms with Crippen LogP contribution in [-0.4, -0.2) is 34.7 Å². The van der Waals surface area contributed by atoms with E-state index in [-0.39, 0.29) is 6.61 Å². The first-order valence-electron chi connectivity index (χ1n) is 5.62. The maximum atomic E-state index is 8.74. The van der Waals surface area contributed by atoms with Crippen LogP contribution in [0.1, 0.15) is 30.9 Å². The van der Waals surface area contributed by atoms with E-state index in [0.29, 0.717) is 6.04 Å². The fourth-order valence-electron chi connectivity index (χ4n) is 1.94. The molecule has 1 fully saturated rings. The molecule has 2 heterocycles. The second-order valence-corrected chi connectivity index (χ2v) is 4.00. The Hall–Kier alpha value is -0.870. The van der Waals surface area contributed by atoms with Gasteiger partial charge in [-0.2, -0.15) is 5.10 Å². The summed E-state index contributed by atoms with van der Waals surface area (Å²) < 4.78 is 7.37. The molecule has 0 amide bonds. The van der Waals surface area contributed by atoms with Crippen LogP contribution in [0.4, 0.5) is 0 Å². The van der Waals surface area contributed by atoms with Crippen molar-refractivity contribution in [3.8, 4) is 0 Å². The molecule has 84 valence electrons. The highest BCUT2D eigenvalue weighted by Gasteiger charge is 2.16. The van der Waals surface area contributed by atoms with Crippen LogP contribution in [0.5, 0.6) is 0 Å². The van der Waals surface area contributed by atoms with Gasteiger partial charge in [0.1, 0.15) is 0 Å². The maximum absolute atomic E-state index is 8.74. The van der Waals surface area contributed by atoms with E-state index < -0.39 is 0 Å². The largest absolute Gasteiger partial charge is 0.396 e. The lowest BCUT2D eigenvalue weighted by atomic mass is 10.1. The normalized spacial score (nSPS) is 18.2. The Kier molecular flexibility index (Phi) is 3.75. The van der Waals surface area contributed by atoms with Gasteiger partial charge < -0.3 is 9.84 Å². The van der Waals surface area contributed by atoms with E-state index in [9.17, 15) is 0 Å². The molecule has 1 aliphatic heterocycles. The van der Waals surface area contributed by atoms with Crippen molar-refractivity contribution in [3.05, 3.63) is 18.0 Å². The molecule has 0 aliphatic carbocycles. The second kappa shape index (κ2) is 5.28. The van der Waals surface area contributed by atoms with E-state index in [4.69, 9.17) is 9.84 Å². The summed E-state index contributed by atoms with van der Waals surface area (Å²) in [5.74, 6) is 0. The Bertz CT molecular complexity index is 293. The number of aliphatic hydroxyl groups is 1. The monoisotopic (exact) mass is 210 g/mol. The summed E-state index contributed by atoms with van der Waals surface area (Å²) in [7, 11) is 0. The molecule has 0 atom stereocenters. The number of aryl methyl sites for hydroxylation is 1. The number of hydrogen-bond donors (Lipinski definition) is 1. The third-order valence-corrected chi connectivity index (χ3v) is 2.84. The van der Waals surface area contributed by atoms with E-state index in [1.807, 2.05) is 6.20 Å². The van der Waals surface area contributed by atoms with Crippen molar-refractivity contribution in [3.63, 3.8) is 0 Å². The lowest BCUT2D eigenvalue weighted by Gasteiger charge is -2.22. The molecular formula is C11H18N2O2. The van der Waals surface area contributed by atoms with E-state index >= 15 is 0 Å².